The molecule has 2 rings (SSSR count). The standard InChI is InChI=1S/C14H18ClNO3S2/c1-9(4-3-7-17)16-21(18,19)14-10(2)20-13-6-5-11(15)8-12(13)14/h5-6,8-9,16-17H,3-4,7H2,1-2H3. The van der Waals surface area contributed by atoms with E-state index in [1.807, 2.05) is 6.07 Å². The molecule has 0 bridgehead atoms. The Morgan fingerprint density at radius 2 is 2.14 bits per heavy atom. The van der Waals surface area contributed by atoms with Gasteiger partial charge in [-0.2, -0.15) is 0 Å². The summed E-state index contributed by atoms with van der Waals surface area (Å²) in [7, 11) is -3.60. The lowest BCUT2D eigenvalue weighted by Gasteiger charge is -2.14. The monoisotopic (exact) mass is 347 g/mol. The Kier molecular flexibility index (Phi) is 5.27. The quantitative estimate of drug-likeness (QED) is 0.842. The van der Waals surface area contributed by atoms with Crippen LogP contribution in [0.4, 0.5) is 0 Å². The van der Waals surface area contributed by atoms with Gasteiger partial charge in [-0.05, 0) is 44.9 Å². The van der Waals surface area contributed by atoms with Gasteiger partial charge in [-0.1, -0.05) is 11.6 Å². The molecule has 0 aliphatic carbocycles. The van der Waals surface area contributed by atoms with Crippen molar-refractivity contribution in [1.29, 1.82) is 0 Å². The maximum Gasteiger partial charge on any atom is 0.242 e. The van der Waals surface area contributed by atoms with Gasteiger partial charge in [0.25, 0.3) is 0 Å². The number of nitrogens with one attached hydrogen (secondary N) is 1. The third kappa shape index (κ3) is 3.76. The molecule has 0 spiro atoms. The molecule has 1 aromatic heterocycles. The van der Waals surface area contributed by atoms with E-state index in [1.165, 1.54) is 11.3 Å². The smallest absolute Gasteiger partial charge is 0.242 e. The molecule has 0 aliphatic rings. The lowest BCUT2D eigenvalue weighted by atomic mass is 10.2. The molecular weight excluding hydrogens is 330 g/mol. The van der Waals surface area contributed by atoms with Crippen LogP contribution in [0.15, 0.2) is 23.1 Å². The summed E-state index contributed by atoms with van der Waals surface area (Å²) in [5.41, 5.74) is 0. The van der Waals surface area contributed by atoms with Gasteiger partial charge >= 0.3 is 0 Å². The molecule has 4 nitrogen and oxygen atoms in total. The van der Waals surface area contributed by atoms with E-state index in [0.717, 1.165) is 9.58 Å². The lowest BCUT2D eigenvalue weighted by Crippen LogP contribution is -2.32. The fraction of sp³-hybridized carbons (Fsp3) is 0.429. The average Bonchev–Trinajstić information content (AvgIpc) is 2.71. The molecule has 0 saturated heterocycles. The van der Waals surface area contributed by atoms with Crippen LogP contribution in [0.5, 0.6) is 0 Å². The fourth-order valence-corrected chi connectivity index (χ4v) is 5.52. The van der Waals surface area contributed by atoms with Crippen molar-refractivity contribution in [1.82, 2.24) is 4.72 Å². The van der Waals surface area contributed by atoms with Crippen molar-refractivity contribution >= 4 is 43.0 Å². The first-order valence-corrected chi connectivity index (χ1v) is 9.34. The van der Waals surface area contributed by atoms with Crippen molar-refractivity contribution in [2.24, 2.45) is 0 Å². The summed E-state index contributed by atoms with van der Waals surface area (Å²) in [6.07, 6.45) is 1.16. The van der Waals surface area contributed by atoms with Gasteiger partial charge < -0.3 is 5.11 Å². The summed E-state index contributed by atoms with van der Waals surface area (Å²) < 4.78 is 28.8. The Morgan fingerprint density at radius 1 is 1.43 bits per heavy atom. The number of aliphatic hydroxyl groups is 1. The largest absolute Gasteiger partial charge is 0.396 e. The predicted molar refractivity (Wildman–Crippen MR) is 87.7 cm³/mol. The first-order chi connectivity index (χ1) is 9.85. The van der Waals surface area contributed by atoms with Crippen LogP contribution in [0.3, 0.4) is 0 Å². The number of aliphatic hydroxyl groups excluding tert-OH is 1. The third-order valence-electron chi connectivity index (χ3n) is 3.19. The van der Waals surface area contributed by atoms with Crippen molar-refractivity contribution in [3.8, 4) is 0 Å². The summed E-state index contributed by atoms with van der Waals surface area (Å²) >= 11 is 7.43. The number of thiophene rings is 1. The molecular formula is C14H18ClNO3S2. The van der Waals surface area contributed by atoms with Crippen LogP contribution >= 0.6 is 22.9 Å². The number of halogens is 1. The van der Waals surface area contributed by atoms with Crippen LogP contribution in [0.1, 0.15) is 24.6 Å². The molecule has 0 amide bonds. The van der Waals surface area contributed by atoms with E-state index < -0.39 is 10.0 Å². The molecule has 0 aliphatic heterocycles. The molecule has 1 atom stereocenters. The summed E-state index contributed by atoms with van der Waals surface area (Å²) in [6.45, 7) is 3.65. The Balaban J connectivity index is 2.40. The zero-order valence-corrected chi connectivity index (χ0v) is 14.3. The van der Waals surface area contributed by atoms with Crippen molar-refractivity contribution in [3.05, 3.63) is 28.1 Å². The van der Waals surface area contributed by atoms with E-state index in [0.29, 0.717) is 28.1 Å². The number of sulfonamides is 1. The molecule has 21 heavy (non-hydrogen) atoms. The number of benzene rings is 1. The minimum absolute atomic E-state index is 0.0576. The van der Waals surface area contributed by atoms with Crippen LogP contribution in [-0.4, -0.2) is 26.2 Å². The SMILES string of the molecule is Cc1sc2ccc(Cl)cc2c1S(=O)(=O)NC(C)CCCO. The Bertz CT molecular complexity index is 740. The normalized spacial score (nSPS) is 13.7. The topological polar surface area (TPSA) is 66.4 Å². The second-order valence-electron chi connectivity index (χ2n) is 5.02. The van der Waals surface area contributed by atoms with Crippen molar-refractivity contribution in [3.63, 3.8) is 0 Å². The van der Waals surface area contributed by atoms with Crippen LogP contribution in [0.25, 0.3) is 10.1 Å². The number of rotatable bonds is 6. The average molecular weight is 348 g/mol. The molecule has 0 radical (unpaired) electrons. The van der Waals surface area contributed by atoms with Gasteiger partial charge in [-0.25, -0.2) is 13.1 Å². The van der Waals surface area contributed by atoms with E-state index >= 15 is 0 Å². The van der Waals surface area contributed by atoms with Gasteiger partial charge in [0.1, 0.15) is 4.90 Å². The predicted octanol–water partition coefficient (Wildman–Crippen LogP) is 3.30. The van der Waals surface area contributed by atoms with Gasteiger partial charge in [0.2, 0.25) is 10.0 Å². The van der Waals surface area contributed by atoms with Gasteiger partial charge in [-0.15, -0.1) is 11.3 Å². The summed E-state index contributed by atoms with van der Waals surface area (Å²) in [5, 5.41) is 10.0. The molecule has 0 saturated carbocycles. The van der Waals surface area contributed by atoms with Crippen molar-refractivity contribution in [2.45, 2.75) is 37.6 Å². The van der Waals surface area contributed by atoms with E-state index in [4.69, 9.17) is 16.7 Å². The molecule has 1 unspecified atom stereocenters. The van der Waals surface area contributed by atoms with E-state index in [2.05, 4.69) is 4.72 Å². The Labute approximate surface area is 133 Å². The van der Waals surface area contributed by atoms with Crippen molar-refractivity contribution in [2.75, 3.05) is 6.61 Å². The highest BCUT2D eigenvalue weighted by molar-refractivity contribution is 7.90. The molecule has 116 valence electrons. The van der Waals surface area contributed by atoms with Gasteiger partial charge in [0.05, 0.1) is 0 Å². The minimum atomic E-state index is -3.60. The lowest BCUT2D eigenvalue weighted by molar-refractivity contribution is 0.279. The maximum absolute atomic E-state index is 12.6. The Hall–Kier alpha value is -0.660. The van der Waals surface area contributed by atoms with Crippen LogP contribution in [0.2, 0.25) is 5.02 Å². The second kappa shape index (κ2) is 6.62. The minimum Gasteiger partial charge on any atom is -0.396 e. The second-order valence-corrected chi connectivity index (χ2v) is 8.36. The van der Waals surface area contributed by atoms with Gasteiger partial charge in [0.15, 0.2) is 0 Å². The molecule has 7 heteroatoms. The zero-order valence-electron chi connectivity index (χ0n) is 11.9. The van der Waals surface area contributed by atoms with Crippen molar-refractivity contribution < 1.29 is 13.5 Å². The highest BCUT2D eigenvalue weighted by Crippen LogP contribution is 2.35. The first-order valence-electron chi connectivity index (χ1n) is 6.67. The highest BCUT2D eigenvalue weighted by atomic mass is 35.5. The molecule has 2 N–H and O–H groups in total. The van der Waals surface area contributed by atoms with E-state index in [9.17, 15) is 8.42 Å². The van der Waals surface area contributed by atoms with Gasteiger partial charge in [0, 0.05) is 32.6 Å². The third-order valence-corrected chi connectivity index (χ3v) is 6.42. The van der Waals surface area contributed by atoms with Crippen LogP contribution < -0.4 is 4.72 Å². The Morgan fingerprint density at radius 3 is 2.81 bits per heavy atom. The highest BCUT2D eigenvalue weighted by Gasteiger charge is 2.24. The fourth-order valence-electron chi connectivity index (χ4n) is 2.28. The van der Waals surface area contributed by atoms with Crippen LogP contribution in [0, 0.1) is 6.92 Å². The van der Waals surface area contributed by atoms with E-state index in [1.54, 1.807) is 26.0 Å². The molecule has 2 aromatic rings. The van der Waals surface area contributed by atoms with Crippen LogP contribution in [-0.2, 0) is 10.0 Å². The summed E-state index contributed by atoms with van der Waals surface area (Å²) in [4.78, 5) is 1.05. The van der Waals surface area contributed by atoms with E-state index in [-0.39, 0.29) is 12.6 Å². The number of hydrogen-bond donors (Lipinski definition) is 2. The summed E-state index contributed by atoms with van der Waals surface area (Å²) in [5.74, 6) is 0. The zero-order chi connectivity index (χ0) is 15.6. The number of fused-ring (bicyclic) bond motifs is 1. The van der Waals surface area contributed by atoms with Gasteiger partial charge in [-0.3, -0.25) is 0 Å². The maximum atomic E-state index is 12.6. The molecule has 0 fully saturated rings. The molecule has 1 heterocycles. The first kappa shape index (κ1) is 16.7. The number of hydrogen-bond acceptors (Lipinski definition) is 4. The molecule has 1 aromatic carbocycles. The summed E-state index contributed by atoms with van der Waals surface area (Å²) in [6, 6.07) is 5.06. The number of aryl methyl sites for hydroxylation is 1.